The smallest absolute Gasteiger partial charge is 0.411 e. The van der Waals surface area contributed by atoms with E-state index < -0.39 is 6.09 Å². The molecule has 196 valence electrons. The molecule has 0 aliphatic carbocycles. The second-order valence-electron chi connectivity index (χ2n) is 8.89. The number of nitrogens with zero attached hydrogens (tertiary/aromatic N) is 6. The van der Waals surface area contributed by atoms with Crippen LogP contribution >= 0.6 is 27.5 Å². The molecule has 0 bridgehead atoms. The van der Waals surface area contributed by atoms with Crippen molar-refractivity contribution in [3.63, 3.8) is 0 Å². The van der Waals surface area contributed by atoms with E-state index in [4.69, 9.17) is 16.6 Å². The fraction of sp³-hybridized carbons (Fsp3) is 0.154. The summed E-state index contributed by atoms with van der Waals surface area (Å²) in [5, 5.41) is 14.6. The number of rotatable bonds is 5. The lowest BCUT2D eigenvalue weighted by Crippen LogP contribution is -2.24. The van der Waals surface area contributed by atoms with Crippen LogP contribution in [0.4, 0.5) is 10.5 Å². The van der Waals surface area contributed by atoms with Gasteiger partial charge in [-0.2, -0.15) is 4.68 Å². The fourth-order valence-corrected chi connectivity index (χ4v) is 5.51. The zero-order valence-corrected chi connectivity index (χ0v) is 22.8. The number of hydrogen-bond acceptors (Lipinski definition) is 7. The number of halogens is 2. The number of methoxy groups -OCH3 is 1. The minimum absolute atomic E-state index is 0.139. The summed E-state index contributed by atoms with van der Waals surface area (Å²) in [4.78, 5) is 33.1. The maximum Gasteiger partial charge on any atom is 0.411 e. The second kappa shape index (κ2) is 10.1. The third-order valence-corrected chi connectivity index (χ3v) is 7.39. The third-order valence-electron chi connectivity index (χ3n) is 6.58. The lowest BCUT2D eigenvalue weighted by Gasteiger charge is -2.15. The number of benzene rings is 2. The third kappa shape index (κ3) is 4.72. The number of imidazole rings is 1. The Kier molecular flexibility index (Phi) is 6.49. The van der Waals surface area contributed by atoms with E-state index in [2.05, 4.69) is 46.5 Å². The summed E-state index contributed by atoms with van der Waals surface area (Å²) >= 11 is 9.89. The predicted octanol–water partition coefficient (Wildman–Crippen LogP) is 5.01. The van der Waals surface area contributed by atoms with Gasteiger partial charge < -0.3 is 14.3 Å². The lowest BCUT2D eigenvalue weighted by atomic mass is 10.0. The summed E-state index contributed by atoms with van der Waals surface area (Å²) < 4.78 is 8.65. The first kappa shape index (κ1) is 25.0. The van der Waals surface area contributed by atoms with Crippen LogP contribution in [0.15, 0.2) is 70.3 Å². The molecule has 2 N–H and O–H groups in total. The largest absolute Gasteiger partial charge is 0.453 e. The van der Waals surface area contributed by atoms with Crippen molar-refractivity contribution < 1.29 is 9.53 Å². The summed E-state index contributed by atoms with van der Waals surface area (Å²) in [6.07, 6.45) is 2.38. The van der Waals surface area contributed by atoms with Crippen LogP contribution in [0.1, 0.15) is 24.0 Å². The quantitative estimate of drug-likeness (QED) is 0.287. The fourth-order valence-electron chi connectivity index (χ4n) is 4.82. The van der Waals surface area contributed by atoms with Crippen LogP contribution in [0.25, 0.3) is 28.1 Å². The van der Waals surface area contributed by atoms with E-state index in [1.807, 2.05) is 24.3 Å². The number of aryl methyl sites for hydroxylation is 1. The number of nitrogens with one attached hydrogen (secondary N) is 2. The number of aromatic nitrogens is 7. The molecule has 0 saturated carbocycles. The van der Waals surface area contributed by atoms with Crippen molar-refractivity contribution in [3.8, 4) is 28.1 Å². The van der Waals surface area contributed by atoms with Gasteiger partial charge in [0.25, 0.3) is 5.56 Å². The van der Waals surface area contributed by atoms with E-state index >= 15 is 0 Å². The molecule has 0 unspecified atom stereocenters. The van der Waals surface area contributed by atoms with Crippen LogP contribution in [0.3, 0.4) is 0 Å². The molecule has 2 aromatic carbocycles. The minimum atomic E-state index is -0.540. The lowest BCUT2D eigenvalue weighted by molar-refractivity contribution is 0.187. The normalized spacial score (nSPS) is 14.3. The number of pyridine rings is 1. The van der Waals surface area contributed by atoms with Gasteiger partial charge in [-0.05, 0) is 81.2 Å². The molecule has 5 aromatic rings. The molecule has 0 radical (unpaired) electrons. The number of ether oxygens (including phenoxy) is 1. The maximum atomic E-state index is 13.5. The Bertz CT molecular complexity index is 1750. The molecule has 1 atom stereocenters. The van der Waals surface area contributed by atoms with E-state index in [9.17, 15) is 9.59 Å². The van der Waals surface area contributed by atoms with Gasteiger partial charge in [-0.15, -0.1) is 5.10 Å². The number of hydrogen-bond donors (Lipinski definition) is 2. The summed E-state index contributed by atoms with van der Waals surface area (Å²) in [5.41, 5.74) is 5.13. The molecule has 1 aliphatic heterocycles. The van der Waals surface area contributed by atoms with Gasteiger partial charge in [-0.3, -0.25) is 10.1 Å². The average Bonchev–Trinajstić information content (AvgIpc) is 3.69. The van der Waals surface area contributed by atoms with E-state index in [0.717, 1.165) is 34.5 Å². The number of H-pyrrole nitrogens is 1. The van der Waals surface area contributed by atoms with E-state index in [1.54, 1.807) is 39.6 Å². The van der Waals surface area contributed by atoms with Crippen LogP contribution in [0.5, 0.6) is 0 Å². The first-order valence-corrected chi connectivity index (χ1v) is 13.1. The molecular weight excluding hydrogens is 588 g/mol. The Balaban J connectivity index is 1.33. The molecule has 13 heteroatoms. The molecule has 0 fully saturated rings. The molecule has 11 nitrogen and oxygen atoms in total. The maximum absolute atomic E-state index is 13.5. The number of carbonyl (C=O) groups excluding carboxylic acids is 1. The number of amides is 1. The Morgan fingerprint density at radius 1 is 1.15 bits per heavy atom. The monoisotopic (exact) mass is 606 g/mol. The van der Waals surface area contributed by atoms with Gasteiger partial charge in [0.15, 0.2) is 0 Å². The van der Waals surface area contributed by atoms with Crippen LogP contribution in [-0.4, -0.2) is 47.9 Å². The van der Waals surface area contributed by atoms with Crippen molar-refractivity contribution in [2.75, 3.05) is 12.4 Å². The Hall–Kier alpha value is -4.29. The number of fused-ring (bicyclic) bond motifs is 1. The molecule has 6 rings (SSSR count). The van der Waals surface area contributed by atoms with Gasteiger partial charge >= 0.3 is 6.09 Å². The van der Waals surface area contributed by atoms with E-state index in [1.165, 1.54) is 13.4 Å². The van der Waals surface area contributed by atoms with Gasteiger partial charge in [0.2, 0.25) is 0 Å². The molecular formula is C26H20BrClN8O3. The van der Waals surface area contributed by atoms with Gasteiger partial charge in [-0.25, -0.2) is 9.78 Å². The van der Waals surface area contributed by atoms with Crippen LogP contribution in [-0.2, 0) is 11.2 Å². The Morgan fingerprint density at radius 3 is 2.72 bits per heavy atom. The van der Waals surface area contributed by atoms with Crippen molar-refractivity contribution in [2.24, 2.45) is 0 Å². The van der Waals surface area contributed by atoms with Gasteiger partial charge in [-0.1, -0.05) is 23.7 Å². The Morgan fingerprint density at radius 2 is 1.97 bits per heavy atom. The van der Waals surface area contributed by atoms with E-state index in [0.29, 0.717) is 33.3 Å². The minimum Gasteiger partial charge on any atom is -0.453 e. The number of anilines is 1. The molecule has 4 heterocycles. The highest BCUT2D eigenvalue weighted by Crippen LogP contribution is 2.36. The first-order valence-electron chi connectivity index (χ1n) is 11.9. The SMILES string of the molecule is COC(=O)Nc1ccc(-c2nc([C@@H]3CCc4cc(-c5cc(Cl)ccc5-n5cnnn5)cc(=O)n43)[nH]c2Br)cc1. The molecule has 0 spiro atoms. The van der Waals surface area contributed by atoms with Gasteiger partial charge in [0.1, 0.15) is 22.4 Å². The molecule has 3 aromatic heterocycles. The van der Waals surface area contributed by atoms with Crippen molar-refractivity contribution in [1.82, 2.24) is 34.7 Å². The van der Waals surface area contributed by atoms with Crippen LogP contribution < -0.4 is 10.9 Å². The number of aromatic amines is 1. The van der Waals surface area contributed by atoms with Crippen molar-refractivity contribution in [2.45, 2.75) is 18.9 Å². The highest BCUT2D eigenvalue weighted by molar-refractivity contribution is 9.10. The summed E-state index contributed by atoms with van der Waals surface area (Å²) in [7, 11) is 1.31. The topological polar surface area (TPSA) is 133 Å². The van der Waals surface area contributed by atoms with Crippen molar-refractivity contribution >= 4 is 39.3 Å². The number of tetrazole rings is 1. The van der Waals surface area contributed by atoms with Crippen molar-refractivity contribution in [1.29, 1.82) is 0 Å². The van der Waals surface area contributed by atoms with Gasteiger partial charge in [0.05, 0.1) is 18.8 Å². The van der Waals surface area contributed by atoms with Gasteiger partial charge in [0, 0.05) is 33.6 Å². The molecule has 1 amide bonds. The number of carbonyl (C=O) groups is 1. The zero-order chi connectivity index (χ0) is 27.1. The summed E-state index contributed by atoms with van der Waals surface area (Å²) in [6.45, 7) is 0. The summed E-state index contributed by atoms with van der Waals surface area (Å²) in [6, 6.07) is 16.0. The first-order chi connectivity index (χ1) is 18.9. The van der Waals surface area contributed by atoms with E-state index in [-0.39, 0.29) is 11.6 Å². The molecule has 39 heavy (non-hydrogen) atoms. The average molecular weight is 608 g/mol. The Labute approximate surface area is 234 Å². The standard InChI is InChI=1S/C26H20BrClN8O3/c1-39-26(38)30-17-5-2-14(3-6-17)23-24(27)32-25(31-23)21-9-7-18-10-15(11-22(37)36(18)21)19-12-16(28)4-8-20(19)35-13-29-33-34-35/h2-6,8,10-13,21H,7,9H2,1H3,(H,30,38)(H,31,32)/t21-/m0/s1. The van der Waals surface area contributed by atoms with Crippen LogP contribution in [0, 0.1) is 0 Å². The van der Waals surface area contributed by atoms with Crippen LogP contribution in [0.2, 0.25) is 5.02 Å². The van der Waals surface area contributed by atoms with Crippen molar-refractivity contribution in [3.05, 3.63) is 92.4 Å². The predicted molar refractivity (Wildman–Crippen MR) is 148 cm³/mol. The highest BCUT2D eigenvalue weighted by atomic mass is 79.9. The second-order valence-corrected chi connectivity index (χ2v) is 10.1. The highest BCUT2D eigenvalue weighted by Gasteiger charge is 2.29. The summed E-state index contributed by atoms with van der Waals surface area (Å²) in [5.74, 6) is 0.680. The zero-order valence-electron chi connectivity index (χ0n) is 20.4. The molecule has 1 aliphatic rings. The molecule has 0 saturated heterocycles.